The summed E-state index contributed by atoms with van der Waals surface area (Å²) < 4.78 is 13.6. The fraction of sp³-hybridized carbons (Fsp3) is 0.643. The first-order valence-electron chi connectivity index (χ1n) is 6.75. The van der Waals surface area contributed by atoms with Gasteiger partial charge in [0.05, 0.1) is 0 Å². The Morgan fingerprint density at radius 1 is 1.56 bits per heavy atom. The normalized spacial score (nSPS) is 19.8. The van der Waals surface area contributed by atoms with Gasteiger partial charge in [-0.2, -0.15) is 0 Å². The van der Waals surface area contributed by atoms with E-state index in [-0.39, 0.29) is 5.82 Å². The van der Waals surface area contributed by atoms with E-state index in [0.29, 0.717) is 11.9 Å². The Kier molecular flexibility index (Phi) is 4.53. The van der Waals surface area contributed by atoms with Crippen LogP contribution in [0, 0.1) is 11.7 Å². The standard InChI is InChI=1S/C14H22FN3/c1-11(2)5-8-16-12-6-9-18(10-12)14-13(15)4-3-7-17-14/h3-4,7,11-12,16H,5-6,8-10H2,1-2H3/t12-/m0/s1. The molecule has 0 amide bonds. The molecule has 1 saturated heterocycles. The maximum Gasteiger partial charge on any atom is 0.165 e. The van der Waals surface area contributed by atoms with Gasteiger partial charge in [0.1, 0.15) is 0 Å². The van der Waals surface area contributed by atoms with Crippen LogP contribution in [0.15, 0.2) is 18.3 Å². The highest BCUT2D eigenvalue weighted by Crippen LogP contribution is 2.20. The molecule has 1 aliphatic heterocycles. The fourth-order valence-electron chi connectivity index (χ4n) is 2.31. The van der Waals surface area contributed by atoms with Crippen LogP contribution in [0.4, 0.5) is 10.2 Å². The van der Waals surface area contributed by atoms with Crippen molar-refractivity contribution < 1.29 is 4.39 Å². The molecule has 0 aliphatic carbocycles. The molecule has 0 radical (unpaired) electrons. The van der Waals surface area contributed by atoms with Gasteiger partial charge in [-0.05, 0) is 37.4 Å². The number of pyridine rings is 1. The molecule has 18 heavy (non-hydrogen) atoms. The van der Waals surface area contributed by atoms with Crippen LogP contribution < -0.4 is 10.2 Å². The van der Waals surface area contributed by atoms with E-state index < -0.39 is 0 Å². The lowest BCUT2D eigenvalue weighted by Crippen LogP contribution is -2.34. The highest BCUT2D eigenvalue weighted by atomic mass is 19.1. The second kappa shape index (κ2) is 6.14. The zero-order valence-corrected chi connectivity index (χ0v) is 11.2. The van der Waals surface area contributed by atoms with Crippen molar-refractivity contribution in [1.82, 2.24) is 10.3 Å². The molecule has 4 heteroatoms. The third kappa shape index (κ3) is 3.42. The molecule has 2 heterocycles. The Hall–Kier alpha value is -1.16. The Morgan fingerprint density at radius 3 is 3.11 bits per heavy atom. The third-order valence-corrected chi connectivity index (χ3v) is 3.38. The fourth-order valence-corrected chi connectivity index (χ4v) is 2.31. The van der Waals surface area contributed by atoms with Crippen LogP contribution in [0.2, 0.25) is 0 Å². The SMILES string of the molecule is CC(C)CCN[C@H]1CCN(c2ncccc2F)C1. The van der Waals surface area contributed by atoms with Gasteiger partial charge in [-0.25, -0.2) is 9.37 Å². The van der Waals surface area contributed by atoms with E-state index in [1.54, 1.807) is 12.3 Å². The number of rotatable bonds is 5. The topological polar surface area (TPSA) is 28.2 Å². The molecule has 0 aromatic carbocycles. The number of aromatic nitrogens is 1. The van der Waals surface area contributed by atoms with Crippen LogP contribution in [0.5, 0.6) is 0 Å². The summed E-state index contributed by atoms with van der Waals surface area (Å²) in [6.07, 6.45) is 3.90. The van der Waals surface area contributed by atoms with Gasteiger partial charge in [0, 0.05) is 25.3 Å². The molecule has 0 saturated carbocycles. The van der Waals surface area contributed by atoms with E-state index in [2.05, 4.69) is 24.1 Å². The van der Waals surface area contributed by atoms with E-state index in [0.717, 1.165) is 32.0 Å². The minimum Gasteiger partial charge on any atom is -0.353 e. The first-order chi connectivity index (χ1) is 8.66. The van der Waals surface area contributed by atoms with E-state index in [1.807, 2.05) is 4.90 Å². The summed E-state index contributed by atoms with van der Waals surface area (Å²) in [7, 11) is 0. The van der Waals surface area contributed by atoms with Crippen molar-refractivity contribution in [3.63, 3.8) is 0 Å². The van der Waals surface area contributed by atoms with Crippen LogP contribution in [-0.2, 0) is 0 Å². The van der Waals surface area contributed by atoms with Crippen LogP contribution in [0.3, 0.4) is 0 Å². The van der Waals surface area contributed by atoms with E-state index in [1.165, 1.54) is 12.5 Å². The molecule has 1 atom stereocenters. The summed E-state index contributed by atoms with van der Waals surface area (Å²) in [5, 5.41) is 3.54. The number of halogens is 1. The maximum absolute atomic E-state index is 13.6. The zero-order chi connectivity index (χ0) is 13.0. The van der Waals surface area contributed by atoms with E-state index >= 15 is 0 Å². The molecule has 2 rings (SSSR count). The molecule has 1 N–H and O–H groups in total. The summed E-state index contributed by atoms with van der Waals surface area (Å²) in [6, 6.07) is 3.57. The molecule has 0 bridgehead atoms. The van der Waals surface area contributed by atoms with Crippen LogP contribution >= 0.6 is 0 Å². The molecule has 0 unspecified atom stereocenters. The van der Waals surface area contributed by atoms with Crippen molar-refractivity contribution in [3.8, 4) is 0 Å². The highest BCUT2D eigenvalue weighted by molar-refractivity contribution is 5.41. The van der Waals surface area contributed by atoms with Gasteiger partial charge in [0.25, 0.3) is 0 Å². The molecule has 0 spiro atoms. The third-order valence-electron chi connectivity index (χ3n) is 3.38. The molecule has 3 nitrogen and oxygen atoms in total. The number of hydrogen-bond acceptors (Lipinski definition) is 3. The van der Waals surface area contributed by atoms with Gasteiger partial charge in [-0.3, -0.25) is 0 Å². The molecule has 1 fully saturated rings. The average Bonchev–Trinajstić information content (AvgIpc) is 2.78. The average molecular weight is 251 g/mol. The lowest BCUT2D eigenvalue weighted by Gasteiger charge is -2.18. The molecule has 1 aliphatic rings. The molecular weight excluding hydrogens is 229 g/mol. The summed E-state index contributed by atoms with van der Waals surface area (Å²) in [5.74, 6) is 0.995. The van der Waals surface area contributed by atoms with Crippen molar-refractivity contribution in [3.05, 3.63) is 24.1 Å². The van der Waals surface area contributed by atoms with Crippen molar-refractivity contribution in [1.29, 1.82) is 0 Å². The maximum atomic E-state index is 13.6. The van der Waals surface area contributed by atoms with E-state index in [4.69, 9.17) is 0 Å². The lowest BCUT2D eigenvalue weighted by molar-refractivity contribution is 0.487. The predicted octanol–water partition coefficient (Wildman–Crippen LogP) is 2.44. The number of hydrogen-bond donors (Lipinski definition) is 1. The first kappa shape index (κ1) is 13.3. The van der Waals surface area contributed by atoms with Crippen LogP contribution in [-0.4, -0.2) is 30.7 Å². The second-order valence-electron chi connectivity index (χ2n) is 5.38. The number of anilines is 1. The van der Waals surface area contributed by atoms with Crippen LogP contribution in [0.1, 0.15) is 26.7 Å². The minimum absolute atomic E-state index is 0.222. The van der Waals surface area contributed by atoms with Crippen LogP contribution in [0.25, 0.3) is 0 Å². The van der Waals surface area contributed by atoms with Gasteiger partial charge < -0.3 is 10.2 Å². The molecule has 100 valence electrons. The highest BCUT2D eigenvalue weighted by Gasteiger charge is 2.24. The van der Waals surface area contributed by atoms with Gasteiger partial charge in [-0.15, -0.1) is 0 Å². The van der Waals surface area contributed by atoms with Gasteiger partial charge >= 0.3 is 0 Å². The largest absolute Gasteiger partial charge is 0.353 e. The summed E-state index contributed by atoms with van der Waals surface area (Å²) in [5.41, 5.74) is 0. The predicted molar refractivity (Wildman–Crippen MR) is 72.3 cm³/mol. The summed E-state index contributed by atoms with van der Waals surface area (Å²) in [6.45, 7) is 7.23. The smallest absolute Gasteiger partial charge is 0.165 e. The molecular formula is C14H22FN3. The Morgan fingerprint density at radius 2 is 2.39 bits per heavy atom. The van der Waals surface area contributed by atoms with Crippen molar-refractivity contribution in [2.75, 3.05) is 24.5 Å². The second-order valence-corrected chi connectivity index (χ2v) is 5.38. The number of nitrogens with one attached hydrogen (secondary N) is 1. The van der Waals surface area contributed by atoms with Crippen molar-refractivity contribution in [2.24, 2.45) is 5.92 Å². The Labute approximate surface area is 108 Å². The first-order valence-corrected chi connectivity index (χ1v) is 6.75. The van der Waals surface area contributed by atoms with Gasteiger partial charge in [-0.1, -0.05) is 13.8 Å². The van der Waals surface area contributed by atoms with E-state index in [9.17, 15) is 4.39 Å². The summed E-state index contributed by atoms with van der Waals surface area (Å²) in [4.78, 5) is 6.16. The number of nitrogens with zero attached hydrogens (tertiary/aromatic N) is 2. The lowest BCUT2D eigenvalue weighted by atomic mass is 10.1. The van der Waals surface area contributed by atoms with Gasteiger partial charge in [0.15, 0.2) is 11.6 Å². The minimum atomic E-state index is -0.222. The van der Waals surface area contributed by atoms with Crippen molar-refractivity contribution in [2.45, 2.75) is 32.7 Å². The quantitative estimate of drug-likeness (QED) is 0.871. The summed E-state index contributed by atoms with van der Waals surface area (Å²) >= 11 is 0. The Balaban J connectivity index is 1.83. The zero-order valence-electron chi connectivity index (χ0n) is 11.2. The van der Waals surface area contributed by atoms with Crippen molar-refractivity contribution >= 4 is 5.82 Å². The molecule has 1 aromatic rings. The monoisotopic (exact) mass is 251 g/mol. The Bertz CT molecular complexity index is 381. The molecule has 1 aromatic heterocycles. The van der Waals surface area contributed by atoms with Gasteiger partial charge in [0.2, 0.25) is 0 Å².